The number of esters is 1. The minimum atomic E-state index is -0.515. The van der Waals surface area contributed by atoms with Crippen molar-refractivity contribution < 1.29 is 47.5 Å². The lowest BCUT2D eigenvalue weighted by molar-refractivity contribution is -0.132. The molecule has 3 aliphatic heterocycles. The normalized spacial score (nSPS) is 19.6. The van der Waals surface area contributed by atoms with E-state index in [-0.39, 0.29) is 37.0 Å². The van der Waals surface area contributed by atoms with Gasteiger partial charge in [0.2, 0.25) is 17.4 Å². The fourth-order valence-corrected chi connectivity index (χ4v) is 5.43. The number of amides is 2. The van der Waals surface area contributed by atoms with Gasteiger partial charge in [0.1, 0.15) is 6.10 Å². The van der Waals surface area contributed by atoms with Crippen molar-refractivity contribution in [3.63, 3.8) is 0 Å². The van der Waals surface area contributed by atoms with Crippen LogP contribution >= 0.6 is 0 Å². The van der Waals surface area contributed by atoms with Gasteiger partial charge in [-0.1, -0.05) is 0 Å². The number of benzene rings is 2. The van der Waals surface area contributed by atoms with Gasteiger partial charge >= 0.3 is 5.97 Å². The topological polar surface area (TPSA) is 134 Å². The van der Waals surface area contributed by atoms with Gasteiger partial charge in [-0.25, -0.2) is 4.79 Å². The second kappa shape index (κ2) is 16.1. The van der Waals surface area contributed by atoms with Gasteiger partial charge in [0.05, 0.1) is 47.7 Å². The van der Waals surface area contributed by atoms with Crippen LogP contribution in [0.1, 0.15) is 46.4 Å². The Morgan fingerprint density at radius 1 is 0.800 bits per heavy atom. The Balaban J connectivity index is 1.55. The van der Waals surface area contributed by atoms with Crippen LogP contribution in [0.4, 0.5) is 0 Å². The first-order valence-electron chi connectivity index (χ1n) is 15.0. The summed E-state index contributed by atoms with van der Waals surface area (Å²) in [7, 11) is 7.45. The Morgan fingerprint density at radius 3 is 2.07 bits per heavy atom. The molecule has 2 aromatic carbocycles. The molecular weight excluding hydrogens is 586 g/mol. The Hall–Kier alpha value is -4.39. The minimum absolute atomic E-state index is 0.0126. The van der Waals surface area contributed by atoms with Crippen LogP contribution in [0.3, 0.4) is 0 Å². The zero-order valence-electron chi connectivity index (χ0n) is 26.6. The smallest absolute Gasteiger partial charge is 0.338 e. The third-order valence-electron chi connectivity index (χ3n) is 7.93. The molecule has 4 bridgehead atoms. The zero-order valence-corrected chi connectivity index (χ0v) is 26.6. The zero-order chi connectivity index (χ0) is 32.3. The van der Waals surface area contributed by atoms with Crippen LogP contribution in [0.2, 0.25) is 0 Å². The highest BCUT2D eigenvalue weighted by Gasteiger charge is 2.25. The number of methoxy groups -OCH3 is 5. The number of carbonyl (C=O) groups excluding carboxylic acids is 3. The van der Waals surface area contributed by atoms with Crippen molar-refractivity contribution in [1.82, 2.24) is 15.1 Å². The molecule has 0 aromatic heterocycles. The molecule has 13 heteroatoms. The molecule has 2 amide bonds. The van der Waals surface area contributed by atoms with Crippen molar-refractivity contribution in [2.24, 2.45) is 0 Å². The fraction of sp³-hybridized carbons (Fsp3) is 0.531. The molecular formula is C32H43N3O10. The largest absolute Gasteiger partial charge is 0.493 e. The molecule has 0 radical (unpaired) electrons. The molecule has 13 nitrogen and oxygen atoms in total. The van der Waals surface area contributed by atoms with E-state index in [0.29, 0.717) is 92.0 Å². The van der Waals surface area contributed by atoms with Gasteiger partial charge in [0.15, 0.2) is 23.0 Å². The number of rotatable bonds is 7. The average molecular weight is 630 g/mol. The molecule has 246 valence electrons. The van der Waals surface area contributed by atoms with E-state index in [0.717, 1.165) is 0 Å². The SMILES string of the molecule is COc1cc(C(=O)OC2CCCOc3cc(cc(OC)c3OC)C(=O)NCCC(=O)N3CCN(CC2)CC3)cc(OC)c1OC. The van der Waals surface area contributed by atoms with Crippen molar-refractivity contribution in [3.8, 4) is 34.5 Å². The highest BCUT2D eigenvalue weighted by molar-refractivity contribution is 5.96. The van der Waals surface area contributed by atoms with E-state index in [4.69, 9.17) is 33.2 Å². The molecule has 1 unspecified atom stereocenters. The second-order valence-corrected chi connectivity index (χ2v) is 10.7. The Kier molecular flexibility index (Phi) is 12.0. The molecule has 0 aliphatic carbocycles. The van der Waals surface area contributed by atoms with E-state index < -0.39 is 12.1 Å². The molecule has 3 aliphatic rings. The predicted molar refractivity (Wildman–Crippen MR) is 164 cm³/mol. The van der Waals surface area contributed by atoms with Gasteiger partial charge in [0, 0.05) is 51.3 Å². The molecule has 0 saturated carbocycles. The number of nitrogens with zero attached hydrogens (tertiary/aromatic N) is 2. The van der Waals surface area contributed by atoms with Crippen molar-refractivity contribution >= 4 is 17.8 Å². The maximum Gasteiger partial charge on any atom is 0.338 e. The monoisotopic (exact) mass is 629 g/mol. The van der Waals surface area contributed by atoms with E-state index in [9.17, 15) is 14.4 Å². The van der Waals surface area contributed by atoms with Gasteiger partial charge in [-0.3, -0.25) is 14.5 Å². The Morgan fingerprint density at radius 2 is 1.44 bits per heavy atom. The predicted octanol–water partition coefficient (Wildman–Crippen LogP) is 2.78. The van der Waals surface area contributed by atoms with E-state index in [1.807, 2.05) is 4.90 Å². The molecule has 1 fully saturated rings. The number of piperazine rings is 1. The average Bonchev–Trinajstić information content (AvgIpc) is 3.07. The van der Waals surface area contributed by atoms with Gasteiger partial charge < -0.3 is 43.4 Å². The van der Waals surface area contributed by atoms with Gasteiger partial charge in [0.25, 0.3) is 5.91 Å². The summed E-state index contributed by atoms with van der Waals surface area (Å²) in [6.45, 7) is 3.78. The minimum Gasteiger partial charge on any atom is -0.493 e. The third kappa shape index (κ3) is 8.41. The van der Waals surface area contributed by atoms with Crippen molar-refractivity contribution in [1.29, 1.82) is 0 Å². The molecule has 0 spiro atoms. The first kappa shape index (κ1) is 33.5. The molecule has 3 heterocycles. The number of hydrogen-bond donors (Lipinski definition) is 1. The quantitative estimate of drug-likeness (QED) is 0.453. The standard InChI is InChI=1S/C32H43N3O10/c1-39-24-17-21-18-27(30(24)43-5)44-16-6-7-23(45-32(38)22-19-25(40-2)29(42-4)26(20-22)41-3)9-11-34-12-14-35(15-13-34)28(36)8-10-33-31(21)37/h17-20,23H,6-16H2,1-5H3,(H,33,37). The third-order valence-corrected chi connectivity index (χ3v) is 7.93. The summed E-state index contributed by atoms with van der Waals surface area (Å²) in [5.74, 6) is 1.25. The maximum absolute atomic E-state index is 13.4. The molecule has 1 saturated heterocycles. The number of carbonyl (C=O) groups is 3. The number of fused-ring (bicyclic) bond motifs is 12. The lowest BCUT2D eigenvalue weighted by Crippen LogP contribution is -2.49. The molecule has 45 heavy (non-hydrogen) atoms. The summed E-state index contributed by atoms with van der Waals surface area (Å²) in [6, 6.07) is 6.29. The lowest BCUT2D eigenvalue weighted by atomic mass is 10.1. The van der Waals surface area contributed by atoms with Crippen LogP contribution < -0.4 is 33.7 Å². The summed E-state index contributed by atoms with van der Waals surface area (Å²) >= 11 is 0. The van der Waals surface area contributed by atoms with Gasteiger partial charge in [-0.15, -0.1) is 0 Å². The van der Waals surface area contributed by atoms with E-state index >= 15 is 0 Å². The summed E-state index contributed by atoms with van der Waals surface area (Å²) in [6.07, 6.45) is 1.44. The van der Waals surface area contributed by atoms with Crippen molar-refractivity contribution in [2.75, 3.05) is 81.4 Å². The van der Waals surface area contributed by atoms with E-state index in [1.165, 1.54) is 35.5 Å². The Labute approximate surface area is 263 Å². The molecule has 1 N–H and O–H groups in total. The summed E-state index contributed by atoms with van der Waals surface area (Å²) < 4.78 is 39.3. The number of nitrogens with one attached hydrogen (secondary N) is 1. The van der Waals surface area contributed by atoms with Crippen LogP contribution in [0.25, 0.3) is 0 Å². The van der Waals surface area contributed by atoms with Crippen LogP contribution in [0.5, 0.6) is 34.5 Å². The summed E-state index contributed by atoms with van der Waals surface area (Å²) in [4.78, 5) is 43.3. The fourth-order valence-electron chi connectivity index (χ4n) is 5.43. The summed E-state index contributed by atoms with van der Waals surface area (Å²) in [5.41, 5.74) is 0.592. The lowest BCUT2D eigenvalue weighted by Gasteiger charge is -2.35. The van der Waals surface area contributed by atoms with Crippen molar-refractivity contribution in [2.45, 2.75) is 31.8 Å². The van der Waals surface area contributed by atoms with E-state index in [1.54, 1.807) is 24.3 Å². The van der Waals surface area contributed by atoms with Crippen molar-refractivity contribution in [3.05, 3.63) is 35.4 Å². The van der Waals surface area contributed by atoms with Crippen LogP contribution in [0, 0.1) is 0 Å². The second-order valence-electron chi connectivity index (χ2n) is 10.7. The van der Waals surface area contributed by atoms with Crippen LogP contribution in [-0.4, -0.2) is 115 Å². The first-order chi connectivity index (χ1) is 21.8. The number of hydrogen-bond acceptors (Lipinski definition) is 11. The highest BCUT2D eigenvalue weighted by Crippen LogP contribution is 2.39. The van der Waals surface area contributed by atoms with Gasteiger partial charge in [-0.2, -0.15) is 0 Å². The van der Waals surface area contributed by atoms with E-state index in [2.05, 4.69) is 10.2 Å². The summed E-state index contributed by atoms with van der Waals surface area (Å²) in [5, 5.41) is 2.82. The first-order valence-corrected chi connectivity index (χ1v) is 15.0. The van der Waals surface area contributed by atoms with Gasteiger partial charge in [-0.05, 0) is 43.5 Å². The van der Waals surface area contributed by atoms with Crippen LogP contribution in [-0.2, 0) is 9.53 Å². The molecule has 1 atom stereocenters. The highest BCUT2D eigenvalue weighted by atomic mass is 16.6. The molecule has 2 aromatic rings. The maximum atomic E-state index is 13.4. The Bertz CT molecular complexity index is 1320. The number of ether oxygens (including phenoxy) is 7. The van der Waals surface area contributed by atoms with Crippen LogP contribution in [0.15, 0.2) is 24.3 Å². The molecule has 5 rings (SSSR count).